The maximum Gasteiger partial charge on any atom is 0.0403 e. The van der Waals surface area contributed by atoms with Crippen LogP contribution in [0.25, 0.3) is 0 Å². The van der Waals surface area contributed by atoms with E-state index in [-0.39, 0.29) is 5.54 Å². The molecule has 1 atom stereocenters. The highest BCUT2D eigenvalue weighted by Crippen LogP contribution is 2.13. The van der Waals surface area contributed by atoms with Crippen LogP contribution in [0, 0.1) is 3.57 Å². The van der Waals surface area contributed by atoms with E-state index in [0.717, 1.165) is 13.0 Å². The molecule has 1 aromatic rings. The summed E-state index contributed by atoms with van der Waals surface area (Å²) in [5, 5.41) is 3.50. The third-order valence-corrected chi connectivity index (χ3v) is 4.02. The fraction of sp³-hybridized carbons (Fsp3) is 0.500. The maximum absolute atomic E-state index is 5.94. The topological polar surface area (TPSA) is 12.0 Å². The largest absolute Gasteiger partial charge is 0.306 e. The average molecular weight is 338 g/mol. The van der Waals surface area contributed by atoms with E-state index in [1.807, 2.05) is 0 Å². The second kappa shape index (κ2) is 6.06. The van der Waals surface area contributed by atoms with E-state index >= 15 is 0 Å². The van der Waals surface area contributed by atoms with Crippen molar-refractivity contribution < 1.29 is 0 Å². The molecule has 0 fully saturated rings. The highest BCUT2D eigenvalue weighted by molar-refractivity contribution is 14.1. The van der Waals surface area contributed by atoms with Crippen molar-refractivity contribution in [2.75, 3.05) is 5.88 Å². The van der Waals surface area contributed by atoms with Gasteiger partial charge in [0.25, 0.3) is 0 Å². The minimum absolute atomic E-state index is 0.0462. The van der Waals surface area contributed by atoms with Crippen LogP contribution >= 0.6 is 34.2 Å². The Morgan fingerprint density at radius 2 is 1.93 bits per heavy atom. The Hall–Kier alpha value is 0.200. The normalized spacial score (nSPS) is 14.9. The summed E-state index contributed by atoms with van der Waals surface area (Å²) in [6.07, 6.45) is 1.04. The fourth-order valence-corrected chi connectivity index (χ4v) is 1.83. The molecule has 0 spiro atoms. The van der Waals surface area contributed by atoms with Gasteiger partial charge in [0.05, 0.1) is 0 Å². The highest BCUT2D eigenvalue weighted by atomic mass is 127. The van der Waals surface area contributed by atoms with Crippen molar-refractivity contribution in [1.29, 1.82) is 0 Å². The first-order chi connectivity index (χ1) is 7.09. The van der Waals surface area contributed by atoms with Crippen LogP contribution < -0.4 is 5.32 Å². The third kappa shape index (κ3) is 4.29. The molecule has 1 unspecified atom stereocenters. The molecule has 0 aliphatic heterocycles. The number of benzene rings is 1. The minimum Gasteiger partial charge on any atom is -0.306 e. The van der Waals surface area contributed by atoms with Gasteiger partial charge in [0.15, 0.2) is 0 Å². The lowest BCUT2D eigenvalue weighted by atomic mass is 10.0. The molecular weight excluding hydrogens is 320 g/mol. The number of nitrogens with one attached hydrogen (secondary N) is 1. The molecule has 1 N–H and O–H groups in total. The molecule has 1 aromatic carbocycles. The van der Waals surface area contributed by atoms with Crippen LogP contribution in [0.15, 0.2) is 24.3 Å². The van der Waals surface area contributed by atoms with Crippen LogP contribution in [0.3, 0.4) is 0 Å². The monoisotopic (exact) mass is 337 g/mol. The number of halogens is 2. The first-order valence-corrected chi connectivity index (χ1v) is 6.76. The molecule has 0 amide bonds. The lowest BCUT2D eigenvalue weighted by Gasteiger charge is -2.27. The smallest absolute Gasteiger partial charge is 0.0403 e. The van der Waals surface area contributed by atoms with Crippen LogP contribution in [0.4, 0.5) is 0 Å². The summed E-state index contributed by atoms with van der Waals surface area (Å²) < 4.78 is 1.27. The van der Waals surface area contributed by atoms with Gasteiger partial charge >= 0.3 is 0 Å². The Balaban J connectivity index is 2.53. The Morgan fingerprint density at radius 1 is 1.33 bits per heavy atom. The Kier molecular flexibility index (Phi) is 5.36. The van der Waals surface area contributed by atoms with E-state index in [4.69, 9.17) is 11.6 Å². The third-order valence-electron chi connectivity index (χ3n) is 2.71. The van der Waals surface area contributed by atoms with Gasteiger partial charge in [-0.3, -0.25) is 0 Å². The molecule has 84 valence electrons. The van der Waals surface area contributed by atoms with Gasteiger partial charge in [0.1, 0.15) is 0 Å². The van der Waals surface area contributed by atoms with E-state index in [0.29, 0.717) is 5.88 Å². The molecule has 0 radical (unpaired) electrons. The van der Waals surface area contributed by atoms with E-state index in [1.165, 1.54) is 9.13 Å². The van der Waals surface area contributed by atoms with E-state index in [1.54, 1.807) is 0 Å². The van der Waals surface area contributed by atoms with Crippen LogP contribution in [-0.4, -0.2) is 11.4 Å². The van der Waals surface area contributed by atoms with Gasteiger partial charge in [-0.2, -0.15) is 0 Å². The highest BCUT2D eigenvalue weighted by Gasteiger charge is 2.19. The lowest BCUT2D eigenvalue weighted by molar-refractivity contribution is 0.379. The van der Waals surface area contributed by atoms with Crippen molar-refractivity contribution in [3.05, 3.63) is 33.4 Å². The molecule has 0 bridgehead atoms. The van der Waals surface area contributed by atoms with Gasteiger partial charge in [-0.25, -0.2) is 0 Å². The van der Waals surface area contributed by atoms with Crippen molar-refractivity contribution in [2.45, 2.75) is 32.4 Å². The van der Waals surface area contributed by atoms with Crippen LogP contribution in [-0.2, 0) is 6.54 Å². The summed E-state index contributed by atoms with van der Waals surface area (Å²) in [7, 11) is 0. The summed E-state index contributed by atoms with van der Waals surface area (Å²) >= 11 is 8.25. The van der Waals surface area contributed by atoms with Crippen LogP contribution in [0.2, 0.25) is 0 Å². The van der Waals surface area contributed by atoms with Gasteiger partial charge < -0.3 is 5.32 Å². The molecular formula is C12H17ClIN. The fourth-order valence-electron chi connectivity index (χ4n) is 1.18. The minimum atomic E-state index is 0.0462. The predicted octanol–water partition coefficient (Wildman–Crippen LogP) is 3.79. The van der Waals surface area contributed by atoms with Gasteiger partial charge in [-0.05, 0) is 53.6 Å². The zero-order valence-electron chi connectivity index (χ0n) is 9.19. The summed E-state index contributed by atoms with van der Waals surface area (Å²) in [6, 6.07) is 8.56. The Morgan fingerprint density at radius 3 is 2.40 bits per heavy atom. The molecule has 3 heteroatoms. The zero-order valence-corrected chi connectivity index (χ0v) is 12.1. The predicted molar refractivity (Wildman–Crippen MR) is 75.4 cm³/mol. The molecule has 0 aliphatic rings. The molecule has 1 rings (SSSR count). The quantitative estimate of drug-likeness (QED) is 0.637. The second-order valence-corrected chi connectivity index (χ2v) is 5.54. The van der Waals surface area contributed by atoms with Crippen molar-refractivity contribution >= 4 is 34.2 Å². The van der Waals surface area contributed by atoms with Crippen LogP contribution in [0.5, 0.6) is 0 Å². The first kappa shape index (κ1) is 13.3. The molecule has 1 nitrogen and oxygen atoms in total. The Bertz CT molecular complexity index is 293. The number of alkyl halides is 1. The Labute approximate surface area is 111 Å². The molecule has 0 saturated heterocycles. The van der Waals surface area contributed by atoms with Crippen LogP contribution in [0.1, 0.15) is 25.8 Å². The summed E-state index contributed by atoms with van der Waals surface area (Å²) in [5.41, 5.74) is 1.35. The molecule has 0 aromatic heterocycles. The summed E-state index contributed by atoms with van der Waals surface area (Å²) in [4.78, 5) is 0. The van der Waals surface area contributed by atoms with Crippen molar-refractivity contribution in [1.82, 2.24) is 5.32 Å². The first-order valence-electron chi connectivity index (χ1n) is 5.15. The zero-order chi connectivity index (χ0) is 11.3. The number of hydrogen-bond donors (Lipinski definition) is 1. The molecule has 0 aliphatic carbocycles. The average Bonchev–Trinajstić information content (AvgIpc) is 2.28. The molecule has 15 heavy (non-hydrogen) atoms. The van der Waals surface area contributed by atoms with E-state index in [9.17, 15) is 0 Å². The standard InChI is InChI=1S/C12H17ClIN/c1-3-12(2,9-13)15-8-10-4-6-11(14)7-5-10/h4-7,15H,3,8-9H2,1-2H3. The van der Waals surface area contributed by atoms with E-state index in [2.05, 4.69) is 66.0 Å². The lowest BCUT2D eigenvalue weighted by Crippen LogP contribution is -2.42. The summed E-state index contributed by atoms with van der Waals surface area (Å²) in [5.74, 6) is 0.647. The SMILES string of the molecule is CCC(C)(CCl)NCc1ccc(I)cc1. The number of rotatable bonds is 5. The van der Waals surface area contributed by atoms with Gasteiger partial charge in [0, 0.05) is 21.5 Å². The number of hydrogen-bond acceptors (Lipinski definition) is 1. The van der Waals surface area contributed by atoms with Crippen molar-refractivity contribution in [3.63, 3.8) is 0 Å². The second-order valence-electron chi connectivity index (χ2n) is 4.03. The van der Waals surface area contributed by atoms with Gasteiger partial charge in [-0.15, -0.1) is 11.6 Å². The summed E-state index contributed by atoms with van der Waals surface area (Å²) in [6.45, 7) is 5.20. The van der Waals surface area contributed by atoms with Crippen molar-refractivity contribution in [2.24, 2.45) is 0 Å². The van der Waals surface area contributed by atoms with E-state index < -0.39 is 0 Å². The molecule has 0 heterocycles. The van der Waals surface area contributed by atoms with Gasteiger partial charge in [-0.1, -0.05) is 19.1 Å². The maximum atomic E-state index is 5.94. The van der Waals surface area contributed by atoms with Gasteiger partial charge in [0.2, 0.25) is 0 Å². The molecule has 0 saturated carbocycles. The van der Waals surface area contributed by atoms with Crippen molar-refractivity contribution in [3.8, 4) is 0 Å².